The van der Waals surface area contributed by atoms with Gasteiger partial charge in [-0.05, 0) is 41.3 Å². The summed E-state index contributed by atoms with van der Waals surface area (Å²) >= 11 is 1.32. The van der Waals surface area contributed by atoms with Crippen molar-refractivity contribution in [3.8, 4) is 0 Å². The second-order valence-corrected chi connectivity index (χ2v) is 7.87. The summed E-state index contributed by atoms with van der Waals surface area (Å²) < 4.78 is 9.80. The van der Waals surface area contributed by atoms with Crippen LogP contribution in [0.15, 0.2) is 72.1 Å². The van der Waals surface area contributed by atoms with E-state index in [1.165, 1.54) is 30.6 Å². The van der Waals surface area contributed by atoms with Crippen LogP contribution in [0.3, 0.4) is 0 Å². The van der Waals surface area contributed by atoms with Crippen molar-refractivity contribution < 1.29 is 28.7 Å². The van der Waals surface area contributed by atoms with E-state index in [9.17, 15) is 19.2 Å². The fourth-order valence-electron chi connectivity index (χ4n) is 2.93. The molecule has 33 heavy (non-hydrogen) atoms. The van der Waals surface area contributed by atoms with Crippen LogP contribution in [-0.4, -0.2) is 43.5 Å². The Kier molecular flexibility index (Phi) is 8.31. The first-order chi connectivity index (χ1) is 16.0. The predicted molar refractivity (Wildman–Crippen MR) is 123 cm³/mol. The Hall–Kier alpha value is -3.98. The number of esters is 2. The molecule has 1 atom stereocenters. The van der Waals surface area contributed by atoms with Gasteiger partial charge in [-0.3, -0.25) is 9.59 Å². The first-order valence-corrected chi connectivity index (χ1v) is 10.9. The van der Waals surface area contributed by atoms with Crippen LogP contribution in [0.25, 0.3) is 0 Å². The molecule has 3 aromatic rings. The molecule has 1 heterocycles. The highest BCUT2D eigenvalue weighted by Gasteiger charge is 2.22. The van der Waals surface area contributed by atoms with Crippen molar-refractivity contribution in [2.45, 2.75) is 12.5 Å². The van der Waals surface area contributed by atoms with Gasteiger partial charge >= 0.3 is 11.9 Å². The Morgan fingerprint density at radius 1 is 0.939 bits per heavy atom. The predicted octanol–water partition coefficient (Wildman–Crippen LogP) is 3.06. The fourth-order valence-corrected chi connectivity index (χ4v) is 3.54. The topological polar surface area (TPSA) is 111 Å². The van der Waals surface area contributed by atoms with Crippen LogP contribution in [0, 0.1) is 0 Å². The van der Waals surface area contributed by atoms with Crippen LogP contribution in [0.1, 0.15) is 25.6 Å². The maximum atomic E-state index is 12.3. The van der Waals surface area contributed by atoms with E-state index in [2.05, 4.69) is 10.6 Å². The number of ether oxygens (including phenoxy) is 2. The SMILES string of the molecule is COC(=O)C(Cc1ccccc1)NC(=O)COC(=O)c1ccc(NC(=O)c2cccs2)cc1. The van der Waals surface area contributed by atoms with Gasteiger partial charge in [-0.25, -0.2) is 9.59 Å². The Balaban J connectivity index is 1.50. The molecule has 170 valence electrons. The van der Waals surface area contributed by atoms with Crippen molar-refractivity contribution in [3.63, 3.8) is 0 Å². The quantitative estimate of drug-likeness (QED) is 0.469. The molecular weight excluding hydrogens is 444 g/mol. The molecule has 0 aliphatic heterocycles. The summed E-state index contributed by atoms with van der Waals surface area (Å²) in [6, 6.07) is 17.8. The number of methoxy groups -OCH3 is 1. The zero-order chi connectivity index (χ0) is 23.6. The molecule has 2 N–H and O–H groups in total. The number of amides is 2. The van der Waals surface area contributed by atoms with Crippen LogP contribution < -0.4 is 10.6 Å². The molecule has 0 radical (unpaired) electrons. The van der Waals surface area contributed by atoms with E-state index in [1.54, 1.807) is 29.6 Å². The minimum Gasteiger partial charge on any atom is -0.467 e. The Morgan fingerprint density at radius 2 is 1.67 bits per heavy atom. The summed E-state index contributed by atoms with van der Waals surface area (Å²) in [4.78, 5) is 49.2. The van der Waals surface area contributed by atoms with Gasteiger partial charge in [-0.15, -0.1) is 11.3 Å². The number of nitrogens with one attached hydrogen (secondary N) is 2. The average Bonchev–Trinajstić information content (AvgIpc) is 3.38. The zero-order valence-electron chi connectivity index (χ0n) is 17.8. The van der Waals surface area contributed by atoms with E-state index in [4.69, 9.17) is 9.47 Å². The third-order valence-corrected chi connectivity index (χ3v) is 5.43. The van der Waals surface area contributed by atoms with E-state index in [0.29, 0.717) is 10.6 Å². The van der Waals surface area contributed by atoms with Gasteiger partial charge in [-0.2, -0.15) is 0 Å². The molecule has 1 unspecified atom stereocenters. The molecule has 9 heteroatoms. The summed E-state index contributed by atoms with van der Waals surface area (Å²) in [6.07, 6.45) is 0.242. The molecule has 0 saturated heterocycles. The maximum Gasteiger partial charge on any atom is 0.338 e. The van der Waals surface area contributed by atoms with Gasteiger partial charge in [0.2, 0.25) is 0 Å². The number of rotatable bonds is 9. The summed E-state index contributed by atoms with van der Waals surface area (Å²) in [5.41, 5.74) is 1.58. The summed E-state index contributed by atoms with van der Waals surface area (Å²) in [5, 5.41) is 7.06. The summed E-state index contributed by atoms with van der Waals surface area (Å²) in [7, 11) is 1.24. The van der Waals surface area contributed by atoms with E-state index < -0.39 is 30.5 Å². The standard InChI is InChI=1S/C24H22N2O6S/c1-31-24(30)19(14-16-6-3-2-4-7-16)26-21(27)15-32-23(29)17-9-11-18(12-10-17)25-22(28)20-8-5-13-33-20/h2-13,19H,14-15H2,1H3,(H,25,28)(H,26,27). The number of benzene rings is 2. The van der Waals surface area contributed by atoms with Crippen molar-refractivity contribution in [2.24, 2.45) is 0 Å². The largest absolute Gasteiger partial charge is 0.467 e. The van der Waals surface area contributed by atoms with E-state index in [0.717, 1.165) is 5.56 Å². The van der Waals surface area contributed by atoms with Gasteiger partial charge < -0.3 is 20.1 Å². The van der Waals surface area contributed by atoms with Gasteiger partial charge in [-0.1, -0.05) is 36.4 Å². The third-order valence-electron chi connectivity index (χ3n) is 4.56. The zero-order valence-corrected chi connectivity index (χ0v) is 18.6. The van der Waals surface area contributed by atoms with Gasteiger partial charge in [0.05, 0.1) is 17.6 Å². The Morgan fingerprint density at radius 3 is 2.30 bits per heavy atom. The maximum absolute atomic E-state index is 12.3. The normalized spacial score (nSPS) is 11.2. The second kappa shape index (κ2) is 11.6. The lowest BCUT2D eigenvalue weighted by molar-refractivity contribution is -0.145. The highest BCUT2D eigenvalue weighted by Crippen LogP contribution is 2.15. The highest BCUT2D eigenvalue weighted by atomic mass is 32.1. The van der Waals surface area contributed by atoms with Crippen LogP contribution in [0.4, 0.5) is 5.69 Å². The third kappa shape index (κ3) is 7.01. The molecule has 2 amide bonds. The number of hydrogen-bond donors (Lipinski definition) is 2. The number of carbonyl (C=O) groups is 4. The van der Waals surface area contributed by atoms with E-state index in [1.807, 2.05) is 30.3 Å². The highest BCUT2D eigenvalue weighted by molar-refractivity contribution is 7.12. The van der Waals surface area contributed by atoms with Gasteiger partial charge in [0.1, 0.15) is 6.04 Å². The van der Waals surface area contributed by atoms with Gasteiger partial charge in [0.25, 0.3) is 11.8 Å². The molecule has 0 spiro atoms. The number of thiophene rings is 1. The van der Waals surface area contributed by atoms with E-state index >= 15 is 0 Å². The lowest BCUT2D eigenvalue weighted by Gasteiger charge is -2.16. The van der Waals surface area contributed by atoms with Crippen molar-refractivity contribution in [1.29, 1.82) is 0 Å². The molecule has 8 nitrogen and oxygen atoms in total. The molecular formula is C24H22N2O6S. The van der Waals surface area contributed by atoms with Gasteiger partial charge in [0.15, 0.2) is 6.61 Å². The second-order valence-electron chi connectivity index (χ2n) is 6.92. The molecule has 1 aromatic heterocycles. The van der Waals surface area contributed by atoms with Crippen LogP contribution in [0.5, 0.6) is 0 Å². The minimum atomic E-state index is -0.908. The van der Waals surface area contributed by atoms with Crippen molar-refractivity contribution in [1.82, 2.24) is 5.32 Å². The lowest BCUT2D eigenvalue weighted by Crippen LogP contribution is -2.44. The van der Waals surface area contributed by atoms with Gasteiger partial charge in [0, 0.05) is 12.1 Å². The first kappa shape index (κ1) is 23.7. The average molecular weight is 467 g/mol. The van der Waals surface area contributed by atoms with Crippen molar-refractivity contribution in [3.05, 3.63) is 88.1 Å². The van der Waals surface area contributed by atoms with E-state index in [-0.39, 0.29) is 17.9 Å². The van der Waals surface area contributed by atoms with Crippen molar-refractivity contribution in [2.75, 3.05) is 19.0 Å². The van der Waals surface area contributed by atoms with Crippen LogP contribution in [0.2, 0.25) is 0 Å². The molecule has 0 saturated carbocycles. The molecule has 2 aromatic carbocycles. The smallest absolute Gasteiger partial charge is 0.338 e. The molecule has 0 aliphatic carbocycles. The molecule has 3 rings (SSSR count). The minimum absolute atomic E-state index is 0.214. The number of anilines is 1. The summed E-state index contributed by atoms with van der Waals surface area (Å²) in [6.45, 7) is -0.558. The molecule has 0 bridgehead atoms. The van der Waals surface area contributed by atoms with Crippen LogP contribution >= 0.6 is 11.3 Å². The lowest BCUT2D eigenvalue weighted by atomic mass is 10.1. The van der Waals surface area contributed by atoms with Crippen LogP contribution in [-0.2, 0) is 25.5 Å². The number of carbonyl (C=O) groups excluding carboxylic acids is 4. The Labute approximate surface area is 194 Å². The number of hydrogen-bond acceptors (Lipinski definition) is 7. The Bertz CT molecular complexity index is 1100. The summed E-state index contributed by atoms with van der Waals surface area (Å²) in [5.74, 6) is -2.18. The fraction of sp³-hybridized carbons (Fsp3) is 0.167. The van der Waals surface area contributed by atoms with Crippen molar-refractivity contribution >= 4 is 40.8 Å². The monoisotopic (exact) mass is 466 g/mol. The molecule has 0 aliphatic rings. The molecule has 0 fully saturated rings. The first-order valence-electron chi connectivity index (χ1n) is 9.99.